The highest BCUT2D eigenvalue weighted by molar-refractivity contribution is 7.15. The molecule has 7 nitrogen and oxygen atoms in total. The highest BCUT2D eigenvalue weighted by atomic mass is 32.1. The van der Waals surface area contributed by atoms with Crippen LogP contribution in [0.25, 0.3) is 17.2 Å². The zero-order valence-electron chi connectivity index (χ0n) is 20.5. The summed E-state index contributed by atoms with van der Waals surface area (Å²) in [6.07, 6.45) is 2.31. The van der Waals surface area contributed by atoms with E-state index in [0.29, 0.717) is 35.1 Å². The van der Waals surface area contributed by atoms with Crippen LogP contribution in [0, 0.1) is 11.3 Å². The summed E-state index contributed by atoms with van der Waals surface area (Å²) >= 11 is 1.19. The molecule has 0 fully saturated rings. The second kappa shape index (κ2) is 13.1. The lowest BCUT2D eigenvalue weighted by Crippen LogP contribution is -2.16. The van der Waals surface area contributed by atoms with Gasteiger partial charge < -0.3 is 19.5 Å². The van der Waals surface area contributed by atoms with Crippen LogP contribution in [-0.2, 0) is 9.53 Å². The van der Waals surface area contributed by atoms with E-state index in [9.17, 15) is 14.9 Å². The number of para-hydroxylation sites is 1. The van der Waals surface area contributed by atoms with Gasteiger partial charge in [-0.05, 0) is 50.1 Å². The van der Waals surface area contributed by atoms with Gasteiger partial charge in [0.1, 0.15) is 33.7 Å². The van der Waals surface area contributed by atoms with Crippen LogP contribution < -0.4 is 14.8 Å². The lowest BCUT2D eigenvalue weighted by atomic mass is 10.0. The van der Waals surface area contributed by atoms with Crippen molar-refractivity contribution >= 4 is 34.3 Å². The predicted octanol–water partition coefficient (Wildman–Crippen LogP) is 6.32. The first-order valence-corrected chi connectivity index (χ1v) is 12.6. The van der Waals surface area contributed by atoms with Gasteiger partial charge in [-0.1, -0.05) is 37.3 Å². The summed E-state index contributed by atoms with van der Waals surface area (Å²) in [7, 11) is 0. The van der Waals surface area contributed by atoms with Crippen molar-refractivity contribution in [3.8, 4) is 28.7 Å². The number of thiophene rings is 1. The van der Waals surface area contributed by atoms with Gasteiger partial charge in [0.05, 0.1) is 19.8 Å². The van der Waals surface area contributed by atoms with Gasteiger partial charge in [-0.2, -0.15) is 5.26 Å². The number of hydrogen-bond acceptors (Lipinski definition) is 7. The lowest BCUT2D eigenvalue weighted by molar-refractivity contribution is -0.112. The zero-order chi connectivity index (χ0) is 25.9. The molecular weight excluding hydrogens is 476 g/mol. The molecule has 3 rings (SSSR count). The van der Waals surface area contributed by atoms with Crippen molar-refractivity contribution < 1.29 is 23.8 Å². The molecule has 0 saturated carbocycles. The van der Waals surface area contributed by atoms with Gasteiger partial charge in [-0.15, -0.1) is 11.3 Å². The van der Waals surface area contributed by atoms with E-state index in [1.54, 1.807) is 30.5 Å². The first-order valence-electron chi connectivity index (χ1n) is 11.7. The summed E-state index contributed by atoms with van der Waals surface area (Å²) in [5.74, 6) is 0.114. The van der Waals surface area contributed by atoms with Gasteiger partial charge in [0.15, 0.2) is 0 Å². The highest BCUT2D eigenvalue weighted by Gasteiger charge is 2.24. The normalized spacial score (nSPS) is 10.9. The van der Waals surface area contributed by atoms with Gasteiger partial charge in [0.25, 0.3) is 5.91 Å². The van der Waals surface area contributed by atoms with Crippen molar-refractivity contribution in [3.63, 3.8) is 0 Å². The predicted molar refractivity (Wildman–Crippen MR) is 141 cm³/mol. The van der Waals surface area contributed by atoms with Crippen LogP contribution in [0.1, 0.15) is 43.1 Å². The summed E-state index contributed by atoms with van der Waals surface area (Å²) in [5.41, 5.74) is 2.13. The van der Waals surface area contributed by atoms with E-state index in [2.05, 4.69) is 5.32 Å². The van der Waals surface area contributed by atoms with Crippen molar-refractivity contribution in [3.05, 3.63) is 70.6 Å². The van der Waals surface area contributed by atoms with Crippen molar-refractivity contribution in [1.82, 2.24) is 0 Å². The van der Waals surface area contributed by atoms with Crippen LogP contribution >= 0.6 is 11.3 Å². The minimum atomic E-state index is -0.631. The fourth-order valence-electron chi connectivity index (χ4n) is 3.38. The number of nitrogens with one attached hydrogen (secondary N) is 1. The molecule has 0 saturated heterocycles. The maximum absolute atomic E-state index is 13.1. The third-order valence-corrected chi connectivity index (χ3v) is 5.92. The molecule has 0 spiro atoms. The second-order valence-electron chi connectivity index (χ2n) is 7.54. The number of carbonyl (C=O) groups excluding carboxylic acids is 2. The molecule has 3 aromatic rings. The van der Waals surface area contributed by atoms with Crippen molar-refractivity contribution in [2.45, 2.75) is 27.2 Å². The minimum absolute atomic E-state index is 0.117. The monoisotopic (exact) mass is 504 g/mol. The standard InChI is InChI=1S/C28H28N2O5S/c1-4-15-35-24-10-8-7-9-20(24)16-21(17-29)26(31)30-27-25(28(32)34-6-3)23(18-36-27)19-11-13-22(14-12-19)33-5-2/h7-14,16,18H,4-6,15H2,1-3H3,(H,30,31)/b21-16+. The number of rotatable bonds is 11. The minimum Gasteiger partial charge on any atom is -0.494 e. The van der Waals surface area contributed by atoms with Gasteiger partial charge >= 0.3 is 5.97 Å². The molecule has 1 N–H and O–H groups in total. The Kier molecular flexibility index (Phi) is 9.66. The maximum atomic E-state index is 13.1. The topological polar surface area (TPSA) is 97.6 Å². The Morgan fingerprint density at radius 3 is 2.44 bits per heavy atom. The van der Waals surface area contributed by atoms with Crippen LogP contribution in [0.3, 0.4) is 0 Å². The number of amides is 1. The SMILES string of the molecule is CCCOc1ccccc1/C=C(\C#N)C(=O)Nc1scc(-c2ccc(OCC)cc2)c1C(=O)OCC. The molecule has 1 amide bonds. The Balaban J connectivity index is 1.93. The molecule has 186 valence electrons. The molecule has 0 aliphatic heterocycles. The first kappa shape index (κ1) is 26.5. The third-order valence-electron chi connectivity index (χ3n) is 5.02. The zero-order valence-corrected chi connectivity index (χ0v) is 21.3. The largest absolute Gasteiger partial charge is 0.494 e. The Hall–Kier alpha value is -4.09. The maximum Gasteiger partial charge on any atom is 0.341 e. The second-order valence-corrected chi connectivity index (χ2v) is 8.42. The third kappa shape index (κ3) is 6.52. The van der Waals surface area contributed by atoms with E-state index in [4.69, 9.17) is 14.2 Å². The molecule has 0 radical (unpaired) electrons. The fraction of sp³-hybridized carbons (Fsp3) is 0.250. The van der Waals surface area contributed by atoms with E-state index in [1.807, 2.05) is 50.2 Å². The summed E-state index contributed by atoms with van der Waals surface area (Å²) in [5, 5.41) is 14.5. The quantitative estimate of drug-likeness (QED) is 0.186. The number of carbonyl (C=O) groups is 2. The molecule has 2 aromatic carbocycles. The van der Waals surface area contributed by atoms with E-state index in [-0.39, 0.29) is 17.7 Å². The van der Waals surface area contributed by atoms with E-state index >= 15 is 0 Å². The summed E-state index contributed by atoms with van der Waals surface area (Å²) in [4.78, 5) is 25.9. The average Bonchev–Trinajstić information content (AvgIpc) is 3.30. The van der Waals surface area contributed by atoms with Crippen molar-refractivity contribution in [1.29, 1.82) is 5.26 Å². The van der Waals surface area contributed by atoms with E-state index < -0.39 is 11.9 Å². The number of nitriles is 1. The molecule has 0 atom stereocenters. The molecule has 0 bridgehead atoms. The molecule has 1 heterocycles. The molecule has 0 aliphatic carbocycles. The van der Waals surface area contributed by atoms with Gasteiger partial charge in [0, 0.05) is 16.5 Å². The molecule has 8 heteroatoms. The van der Waals surface area contributed by atoms with Gasteiger partial charge in [0.2, 0.25) is 0 Å². The summed E-state index contributed by atoms with van der Waals surface area (Å²) < 4.78 is 16.5. The van der Waals surface area contributed by atoms with Crippen LogP contribution in [0.5, 0.6) is 11.5 Å². The molecule has 1 aromatic heterocycles. The molecule has 0 unspecified atom stereocenters. The number of benzene rings is 2. The summed E-state index contributed by atoms with van der Waals surface area (Å²) in [6.45, 7) is 6.87. The smallest absolute Gasteiger partial charge is 0.341 e. The highest BCUT2D eigenvalue weighted by Crippen LogP contribution is 2.37. The Labute approximate surface area is 214 Å². The van der Waals surface area contributed by atoms with Crippen LogP contribution in [-0.4, -0.2) is 31.7 Å². The van der Waals surface area contributed by atoms with Crippen molar-refractivity contribution in [2.75, 3.05) is 25.1 Å². The lowest BCUT2D eigenvalue weighted by Gasteiger charge is -2.10. The van der Waals surface area contributed by atoms with Crippen molar-refractivity contribution in [2.24, 2.45) is 0 Å². The first-order chi connectivity index (χ1) is 17.5. The van der Waals surface area contributed by atoms with Gasteiger partial charge in [-0.3, -0.25) is 4.79 Å². The Bertz CT molecular complexity index is 1270. The van der Waals surface area contributed by atoms with E-state index in [1.165, 1.54) is 17.4 Å². The fourth-order valence-corrected chi connectivity index (χ4v) is 4.34. The number of anilines is 1. The van der Waals surface area contributed by atoms with Crippen LogP contribution in [0.15, 0.2) is 59.5 Å². The summed E-state index contributed by atoms with van der Waals surface area (Å²) in [6, 6.07) is 16.5. The molecule has 0 aliphatic rings. The average molecular weight is 505 g/mol. The van der Waals surface area contributed by atoms with E-state index in [0.717, 1.165) is 17.7 Å². The number of nitrogens with zero attached hydrogens (tertiary/aromatic N) is 1. The van der Waals surface area contributed by atoms with Gasteiger partial charge in [-0.25, -0.2) is 4.79 Å². The number of esters is 1. The number of hydrogen-bond donors (Lipinski definition) is 1. The van der Waals surface area contributed by atoms with Crippen LogP contribution in [0.2, 0.25) is 0 Å². The molecular formula is C28H28N2O5S. The Morgan fingerprint density at radius 2 is 1.78 bits per heavy atom. The molecule has 36 heavy (non-hydrogen) atoms. The van der Waals surface area contributed by atoms with Crippen LogP contribution in [0.4, 0.5) is 5.00 Å². The Morgan fingerprint density at radius 1 is 1.03 bits per heavy atom. The number of ether oxygens (including phenoxy) is 3.